The minimum atomic E-state index is 1.18. The van der Waals surface area contributed by atoms with Gasteiger partial charge in [0.25, 0.3) is 0 Å². The van der Waals surface area contributed by atoms with E-state index < -0.39 is 0 Å². The zero-order valence-corrected chi connectivity index (χ0v) is 15.8. The molecule has 1 heteroatoms. The monoisotopic (exact) mass is 349 g/mol. The summed E-state index contributed by atoms with van der Waals surface area (Å²) in [5, 5.41) is 0. The van der Waals surface area contributed by atoms with Gasteiger partial charge in [0.15, 0.2) is 0 Å². The zero-order valence-electron chi connectivity index (χ0n) is 15.8. The molecule has 1 nitrogen and oxygen atoms in total. The second-order valence-corrected chi connectivity index (χ2v) is 6.90. The number of hydrogen-bond donors (Lipinski definition) is 0. The minimum Gasteiger partial charge on any atom is -0.345 e. The van der Waals surface area contributed by atoms with E-state index in [1.807, 2.05) is 6.07 Å². The van der Waals surface area contributed by atoms with E-state index in [0.29, 0.717) is 0 Å². The van der Waals surface area contributed by atoms with Crippen LogP contribution in [-0.2, 0) is 0 Å². The Morgan fingerprint density at radius 2 is 1.00 bits per heavy atom. The summed E-state index contributed by atoms with van der Waals surface area (Å²) in [6, 6.07) is 36.6. The van der Waals surface area contributed by atoms with Crippen molar-refractivity contribution in [3.8, 4) is 22.3 Å². The second kappa shape index (κ2) is 7.51. The van der Waals surface area contributed by atoms with E-state index in [1.54, 1.807) is 0 Å². The van der Waals surface area contributed by atoms with Gasteiger partial charge in [0.05, 0.1) is 0 Å². The van der Waals surface area contributed by atoms with Crippen molar-refractivity contribution < 1.29 is 0 Å². The Labute approximate surface area is 161 Å². The summed E-state index contributed by atoms with van der Waals surface area (Å²) in [5.41, 5.74) is 8.61. The third-order valence-electron chi connectivity index (χ3n) is 4.92. The number of rotatable bonds is 4. The normalized spacial score (nSPS) is 10.6. The molecule has 0 fully saturated rings. The lowest BCUT2D eigenvalue weighted by molar-refractivity contribution is 1.21. The fraction of sp³-hybridized carbons (Fsp3) is 0.0769. The van der Waals surface area contributed by atoms with E-state index in [-0.39, 0.29) is 0 Å². The molecule has 0 saturated carbocycles. The molecule has 0 aliphatic heterocycles. The van der Waals surface area contributed by atoms with E-state index in [1.165, 1.54) is 39.2 Å². The smallest absolute Gasteiger partial charge is 0.0414 e. The highest BCUT2D eigenvalue weighted by molar-refractivity contribution is 5.76. The third-order valence-corrected chi connectivity index (χ3v) is 4.92. The van der Waals surface area contributed by atoms with Gasteiger partial charge in [-0.15, -0.1) is 0 Å². The Hall–Kier alpha value is -3.32. The molecule has 0 saturated heterocycles. The Bertz CT molecular complexity index is 1050. The molecule has 27 heavy (non-hydrogen) atoms. The molecule has 4 aromatic carbocycles. The van der Waals surface area contributed by atoms with Gasteiger partial charge in [-0.2, -0.15) is 0 Å². The van der Waals surface area contributed by atoms with Crippen molar-refractivity contribution >= 4 is 11.4 Å². The van der Waals surface area contributed by atoms with Crippen molar-refractivity contribution in [2.75, 3.05) is 11.9 Å². The molecular weight excluding hydrogens is 326 g/mol. The van der Waals surface area contributed by atoms with Crippen LogP contribution in [0.2, 0.25) is 0 Å². The van der Waals surface area contributed by atoms with Crippen LogP contribution in [0.15, 0.2) is 103 Å². The van der Waals surface area contributed by atoms with Crippen LogP contribution < -0.4 is 4.90 Å². The molecule has 4 aromatic rings. The lowest BCUT2D eigenvalue weighted by Crippen LogP contribution is -2.08. The van der Waals surface area contributed by atoms with Gasteiger partial charge in [-0.25, -0.2) is 0 Å². The lowest BCUT2D eigenvalue weighted by Gasteiger charge is -2.20. The highest BCUT2D eigenvalue weighted by atomic mass is 15.1. The minimum absolute atomic E-state index is 1.18. The summed E-state index contributed by atoms with van der Waals surface area (Å²) >= 11 is 0. The summed E-state index contributed by atoms with van der Waals surface area (Å²) in [4.78, 5) is 2.22. The first-order valence-corrected chi connectivity index (χ1v) is 9.27. The lowest BCUT2D eigenvalue weighted by atomic mass is 9.98. The maximum absolute atomic E-state index is 2.27. The summed E-state index contributed by atoms with van der Waals surface area (Å²) in [6.45, 7) is 2.14. The second-order valence-electron chi connectivity index (χ2n) is 6.90. The van der Waals surface area contributed by atoms with Crippen molar-refractivity contribution in [3.63, 3.8) is 0 Å². The number of aryl methyl sites for hydroxylation is 1. The third kappa shape index (κ3) is 3.78. The average molecular weight is 349 g/mol. The molecule has 0 atom stereocenters. The maximum Gasteiger partial charge on any atom is 0.0414 e. The molecule has 0 N–H and O–H groups in total. The number of benzene rings is 4. The van der Waals surface area contributed by atoms with E-state index in [0.717, 1.165) is 0 Å². The first kappa shape index (κ1) is 17.1. The van der Waals surface area contributed by atoms with E-state index in [9.17, 15) is 0 Å². The first-order chi connectivity index (χ1) is 13.2. The number of hydrogen-bond acceptors (Lipinski definition) is 1. The number of nitrogens with zero attached hydrogens (tertiary/aromatic N) is 1. The largest absolute Gasteiger partial charge is 0.345 e. The molecule has 0 radical (unpaired) electrons. The van der Waals surface area contributed by atoms with Crippen molar-refractivity contribution in [3.05, 3.63) is 109 Å². The Kier molecular flexibility index (Phi) is 4.76. The van der Waals surface area contributed by atoms with Crippen molar-refractivity contribution in [1.82, 2.24) is 0 Å². The van der Waals surface area contributed by atoms with Gasteiger partial charge in [-0.3, -0.25) is 0 Å². The van der Waals surface area contributed by atoms with Crippen molar-refractivity contribution in [2.24, 2.45) is 0 Å². The standard InChI is InChI=1S/C26H23N/c1-20-9-6-10-21(17-20)22-11-7-12-23(18-22)24-13-8-16-26(19-24)27(2)25-14-4-3-5-15-25/h3-19H,1-2H3. The van der Waals surface area contributed by atoms with Gasteiger partial charge in [0.2, 0.25) is 0 Å². The summed E-state index contributed by atoms with van der Waals surface area (Å²) < 4.78 is 0. The van der Waals surface area contributed by atoms with Gasteiger partial charge >= 0.3 is 0 Å². The molecule has 0 heterocycles. The van der Waals surface area contributed by atoms with Crippen LogP contribution in [0, 0.1) is 6.92 Å². The van der Waals surface area contributed by atoms with Crippen molar-refractivity contribution in [1.29, 1.82) is 0 Å². The summed E-state index contributed by atoms with van der Waals surface area (Å²) in [5.74, 6) is 0. The fourth-order valence-corrected chi connectivity index (χ4v) is 3.40. The Morgan fingerprint density at radius 3 is 1.67 bits per heavy atom. The van der Waals surface area contributed by atoms with Crippen LogP contribution in [0.3, 0.4) is 0 Å². The predicted octanol–water partition coefficient (Wildman–Crippen LogP) is 7.10. The van der Waals surface area contributed by atoms with Crippen molar-refractivity contribution in [2.45, 2.75) is 6.92 Å². The van der Waals surface area contributed by atoms with Crippen LogP contribution >= 0.6 is 0 Å². The maximum atomic E-state index is 2.27. The van der Waals surface area contributed by atoms with Crippen LogP contribution in [0.4, 0.5) is 11.4 Å². The highest BCUT2D eigenvalue weighted by Crippen LogP contribution is 2.31. The van der Waals surface area contributed by atoms with E-state index >= 15 is 0 Å². The van der Waals surface area contributed by atoms with E-state index in [4.69, 9.17) is 0 Å². The molecule has 0 amide bonds. The SMILES string of the molecule is Cc1cccc(-c2cccc(-c3cccc(N(C)c4ccccc4)c3)c2)c1. The van der Waals surface area contributed by atoms with Gasteiger partial charge in [-0.1, -0.05) is 78.4 Å². The molecule has 0 aliphatic rings. The molecule has 4 rings (SSSR count). The average Bonchev–Trinajstić information content (AvgIpc) is 2.74. The summed E-state index contributed by atoms with van der Waals surface area (Å²) in [6.07, 6.45) is 0. The van der Waals surface area contributed by atoms with Gasteiger partial charge in [0.1, 0.15) is 0 Å². The molecular formula is C26H23N. The topological polar surface area (TPSA) is 3.24 Å². The molecule has 0 unspecified atom stereocenters. The first-order valence-electron chi connectivity index (χ1n) is 9.27. The molecule has 0 bridgehead atoms. The quantitative estimate of drug-likeness (QED) is 0.380. The predicted molar refractivity (Wildman–Crippen MR) is 117 cm³/mol. The van der Waals surface area contributed by atoms with Gasteiger partial charge < -0.3 is 4.90 Å². The Balaban J connectivity index is 1.69. The summed E-state index contributed by atoms with van der Waals surface area (Å²) in [7, 11) is 2.11. The van der Waals surface area contributed by atoms with Crippen LogP contribution in [0.5, 0.6) is 0 Å². The van der Waals surface area contributed by atoms with Gasteiger partial charge in [0, 0.05) is 18.4 Å². The van der Waals surface area contributed by atoms with Crippen LogP contribution in [0.25, 0.3) is 22.3 Å². The molecule has 0 aliphatic carbocycles. The fourth-order valence-electron chi connectivity index (χ4n) is 3.40. The van der Waals surface area contributed by atoms with Gasteiger partial charge in [-0.05, 0) is 59.5 Å². The highest BCUT2D eigenvalue weighted by Gasteiger charge is 2.06. The number of para-hydroxylation sites is 1. The number of anilines is 2. The molecule has 0 spiro atoms. The molecule has 0 aromatic heterocycles. The van der Waals surface area contributed by atoms with E-state index in [2.05, 4.69) is 116 Å². The van der Waals surface area contributed by atoms with Crippen LogP contribution in [0.1, 0.15) is 5.56 Å². The Morgan fingerprint density at radius 1 is 0.481 bits per heavy atom. The van der Waals surface area contributed by atoms with Crippen LogP contribution in [-0.4, -0.2) is 7.05 Å². The molecule has 132 valence electrons. The zero-order chi connectivity index (χ0) is 18.6.